The molecule has 3 heterocycles. The molecule has 0 amide bonds. The maximum Gasteiger partial charge on any atom is 0.306 e. The molecule has 132 valence electrons. The van der Waals surface area contributed by atoms with Gasteiger partial charge in [0.05, 0.1) is 6.61 Å². The molecule has 1 aliphatic rings. The van der Waals surface area contributed by atoms with Crippen molar-refractivity contribution in [3.05, 3.63) is 35.6 Å². The Hall–Kier alpha value is -2.48. The SMILES string of the molecule is CCOC(=O)CCC1=CCN(c2cc(Nc3nccs3)ncn2)CC1. The summed E-state index contributed by atoms with van der Waals surface area (Å²) in [5.41, 5.74) is 1.31. The largest absolute Gasteiger partial charge is 0.466 e. The monoisotopic (exact) mass is 359 g/mol. The van der Waals surface area contributed by atoms with Gasteiger partial charge in [0.25, 0.3) is 0 Å². The van der Waals surface area contributed by atoms with E-state index < -0.39 is 0 Å². The molecule has 8 heteroatoms. The second-order valence-electron chi connectivity index (χ2n) is 5.59. The Morgan fingerprint density at radius 2 is 2.32 bits per heavy atom. The number of nitrogens with one attached hydrogen (secondary N) is 1. The highest BCUT2D eigenvalue weighted by Gasteiger charge is 2.15. The summed E-state index contributed by atoms with van der Waals surface area (Å²) in [5, 5.41) is 5.90. The minimum absolute atomic E-state index is 0.125. The van der Waals surface area contributed by atoms with Crippen LogP contribution in [0.1, 0.15) is 26.2 Å². The van der Waals surface area contributed by atoms with Crippen molar-refractivity contribution in [3.63, 3.8) is 0 Å². The van der Waals surface area contributed by atoms with Gasteiger partial charge in [0.2, 0.25) is 0 Å². The first kappa shape index (κ1) is 17.3. The lowest BCUT2D eigenvalue weighted by Crippen LogP contribution is -2.29. The number of nitrogens with zero attached hydrogens (tertiary/aromatic N) is 4. The van der Waals surface area contributed by atoms with E-state index in [-0.39, 0.29) is 5.97 Å². The fraction of sp³-hybridized carbons (Fsp3) is 0.412. The third-order valence-electron chi connectivity index (χ3n) is 3.90. The summed E-state index contributed by atoms with van der Waals surface area (Å²) in [6.45, 7) is 3.93. The lowest BCUT2D eigenvalue weighted by molar-refractivity contribution is -0.143. The second-order valence-corrected chi connectivity index (χ2v) is 6.48. The van der Waals surface area contributed by atoms with E-state index in [0.717, 1.165) is 42.7 Å². The zero-order valence-corrected chi connectivity index (χ0v) is 15.0. The predicted molar refractivity (Wildman–Crippen MR) is 98.2 cm³/mol. The number of ether oxygens (including phenoxy) is 1. The van der Waals surface area contributed by atoms with Gasteiger partial charge in [-0.3, -0.25) is 4.79 Å². The minimum Gasteiger partial charge on any atom is -0.466 e. The smallest absolute Gasteiger partial charge is 0.306 e. The highest BCUT2D eigenvalue weighted by molar-refractivity contribution is 7.13. The molecule has 7 nitrogen and oxygen atoms in total. The Balaban J connectivity index is 1.56. The maximum atomic E-state index is 11.5. The maximum absolute atomic E-state index is 11.5. The van der Waals surface area contributed by atoms with Gasteiger partial charge in [0.1, 0.15) is 18.0 Å². The van der Waals surface area contributed by atoms with E-state index in [1.807, 2.05) is 18.4 Å². The van der Waals surface area contributed by atoms with Gasteiger partial charge >= 0.3 is 5.97 Å². The number of carbonyl (C=O) groups is 1. The van der Waals surface area contributed by atoms with Gasteiger partial charge in [-0.1, -0.05) is 11.6 Å². The van der Waals surface area contributed by atoms with Crippen LogP contribution < -0.4 is 10.2 Å². The van der Waals surface area contributed by atoms with Crippen LogP contribution in [0.25, 0.3) is 0 Å². The number of rotatable bonds is 7. The van der Waals surface area contributed by atoms with E-state index in [4.69, 9.17) is 4.74 Å². The van der Waals surface area contributed by atoms with Crippen molar-refractivity contribution >= 4 is 34.1 Å². The molecule has 0 atom stereocenters. The molecule has 2 aromatic heterocycles. The molecule has 0 aromatic carbocycles. The average Bonchev–Trinajstić information content (AvgIpc) is 3.14. The number of hydrogen-bond acceptors (Lipinski definition) is 8. The van der Waals surface area contributed by atoms with Crippen molar-refractivity contribution in [2.45, 2.75) is 26.2 Å². The lowest BCUT2D eigenvalue weighted by Gasteiger charge is -2.27. The Kier molecular flexibility index (Phi) is 5.95. The van der Waals surface area contributed by atoms with E-state index in [0.29, 0.717) is 13.0 Å². The van der Waals surface area contributed by atoms with Gasteiger partial charge < -0.3 is 15.0 Å². The Bertz CT molecular complexity index is 732. The topological polar surface area (TPSA) is 80.2 Å². The zero-order valence-electron chi connectivity index (χ0n) is 14.1. The first-order chi connectivity index (χ1) is 12.2. The summed E-state index contributed by atoms with van der Waals surface area (Å²) >= 11 is 1.53. The van der Waals surface area contributed by atoms with Gasteiger partial charge in [-0.25, -0.2) is 15.0 Å². The van der Waals surface area contributed by atoms with E-state index in [1.54, 1.807) is 12.5 Å². The predicted octanol–water partition coefficient (Wildman–Crippen LogP) is 3.16. The molecule has 0 unspecified atom stereocenters. The van der Waals surface area contributed by atoms with Crippen LogP contribution in [0.2, 0.25) is 0 Å². The summed E-state index contributed by atoms with van der Waals surface area (Å²) < 4.78 is 4.97. The van der Waals surface area contributed by atoms with E-state index >= 15 is 0 Å². The third-order valence-corrected chi connectivity index (χ3v) is 4.59. The van der Waals surface area contributed by atoms with Crippen LogP contribution in [0.5, 0.6) is 0 Å². The summed E-state index contributed by atoms with van der Waals surface area (Å²) in [6, 6.07) is 1.93. The highest BCUT2D eigenvalue weighted by atomic mass is 32.1. The Labute approximate surface area is 150 Å². The third kappa shape index (κ3) is 4.99. The molecule has 0 saturated heterocycles. The van der Waals surface area contributed by atoms with Crippen molar-refractivity contribution in [2.75, 3.05) is 29.9 Å². The standard InChI is InChI=1S/C17H21N5O2S/c1-2-24-16(23)4-3-13-5-8-22(9-6-13)15-11-14(19-12-20-15)21-17-18-7-10-25-17/h5,7,10-12H,2-4,6,8-9H2,1H3,(H,18,19,20,21). The molecule has 0 bridgehead atoms. The van der Waals surface area contributed by atoms with Gasteiger partial charge in [-0.2, -0.15) is 0 Å². The molecule has 0 aliphatic carbocycles. The van der Waals surface area contributed by atoms with Crippen LogP contribution in [0.15, 0.2) is 35.6 Å². The van der Waals surface area contributed by atoms with Crippen molar-refractivity contribution < 1.29 is 9.53 Å². The summed E-state index contributed by atoms with van der Waals surface area (Å²) in [7, 11) is 0. The number of thiazole rings is 1. The van der Waals surface area contributed by atoms with Crippen LogP contribution in [0.3, 0.4) is 0 Å². The molecule has 0 radical (unpaired) electrons. The Morgan fingerprint density at radius 1 is 1.40 bits per heavy atom. The fourth-order valence-electron chi connectivity index (χ4n) is 2.63. The van der Waals surface area contributed by atoms with Crippen LogP contribution in [-0.2, 0) is 9.53 Å². The first-order valence-corrected chi connectivity index (χ1v) is 9.19. The molecule has 1 aliphatic heterocycles. The minimum atomic E-state index is -0.125. The van der Waals surface area contributed by atoms with Crippen molar-refractivity contribution in [1.29, 1.82) is 0 Å². The molecule has 3 rings (SSSR count). The molecular weight excluding hydrogens is 338 g/mol. The quantitative estimate of drug-likeness (QED) is 0.601. The highest BCUT2D eigenvalue weighted by Crippen LogP contribution is 2.23. The zero-order chi connectivity index (χ0) is 17.5. The number of hydrogen-bond donors (Lipinski definition) is 1. The fourth-order valence-corrected chi connectivity index (χ4v) is 3.16. The van der Waals surface area contributed by atoms with Crippen LogP contribution >= 0.6 is 11.3 Å². The van der Waals surface area contributed by atoms with Gasteiger partial charge in [0.15, 0.2) is 5.13 Å². The Morgan fingerprint density at radius 3 is 3.04 bits per heavy atom. The van der Waals surface area contributed by atoms with Crippen LogP contribution in [0.4, 0.5) is 16.8 Å². The van der Waals surface area contributed by atoms with E-state index in [2.05, 4.69) is 31.2 Å². The molecule has 25 heavy (non-hydrogen) atoms. The molecular formula is C17H21N5O2S. The van der Waals surface area contributed by atoms with E-state index in [9.17, 15) is 4.79 Å². The first-order valence-electron chi connectivity index (χ1n) is 8.31. The van der Waals surface area contributed by atoms with Gasteiger partial charge in [-0.15, -0.1) is 11.3 Å². The number of carbonyl (C=O) groups excluding carboxylic acids is 1. The molecule has 2 aromatic rings. The second kappa shape index (κ2) is 8.57. The van der Waals surface area contributed by atoms with Crippen molar-refractivity contribution in [3.8, 4) is 0 Å². The van der Waals surface area contributed by atoms with Crippen molar-refractivity contribution in [1.82, 2.24) is 15.0 Å². The number of aromatic nitrogens is 3. The van der Waals surface area contributed by atoms with Crippen LogP contribution in [0, 0.1) is 0 Å². The normalized spacial score (nSPS) is 14.1. The lowest BCUT2D eigenvalue weighted by atomic mass is 10.0. The molecule has 0 spiro atoms. The summed E-state index contributed by atoms with van der Waals surface area (Å²) in [4.78, 5) is 26.5. The van der Waals surface area contributed by atoms with Gasteiger partial charge in [0, 0.05) is 37.2 Å². The number of esters is 1. The number of anilines is 3. The molecule has 0 fully saturated rings. The van der Waals surface area contributed by atoms with Crippen molar-refractivity contribution in [2.24, 2.45) is 0 Å². The molecule has 1 N–H and O–H groups in total. The summed E-state index contributed by atoms with van der Waals surface area (Å²) in [6.07, 6.45) is 7.65. The van der Waals surface area contributed by atoms with Gasteiger partial charge in [-0.05, 0) is 19.8 Å². The summed E-state index contributed by atoms with van der Waals surface area (Å²) in [5.74, 6) is 1.49. The molecule has 0 saturated carbocycles. The van der Waals surface area contributed by atoms with E-state index in [1.165, 1.54) is 16.9 Å². The van der Waals surface area contributed by atoms with Crippen LogP contribution in [-0.4, -0.2) is 40.6 Å². The average molecular weight is 359 g/mol.